The largest absolute Gasteiger partial charge is 0.0776 e. The van der Waals surface area contributed by atoms with Crippen LogP contribution in [-0.2, 0) is 6.42 Å². The number of fused-ring (bicyclic) bond motifs is 1. The standard InChI is InChI=1S/C12H16.CH4/c1-2-10-7-5-8-11-6-3-4-9-12(10)11;/h3-4,6,9-10H,2,5,7-8H2,1H3;1H4. The highest BCUT2D eigenvalue weighted by Gasteiger charge is 2.17. The fourth-order valence-electron chi connectivity index (χ4n) is 2.28. The molecule has 0 aromatic heterocycles. The van der Waals surface area contributed by atoms with Gasteiger partial charge in [-0.1, -0.05) is 38.6 Å². The van der Waals surface area contributed by atoms with Crippen LogP contribution in [0.2, 0.25) is 0 Å². The summed E-state index contributed by atoms with van der Waals surface area (Å²) in [5, 5.41) is 0. The van der Waals surface area contributed by atoms with E-state index in [0.29, 0.717) is 0 Å². The van der Waals surface area contributed by atoms with Gasteiger partial charge < -0.3 is 0 Å². The molecule has 0 radical (unpaired) electrons. The van der Waals surface area contributed by atoms with E-state index in [1.165, 1.54) is 25.7 Å². The second-order valence-electron chi connectivity index (χ2n) is 3.70. The molecule has 1 aromatic rings. The molecular weight excluding hydrogens is 156 g/mol. The molecule has 0 spiro atoms. The Morgan fingerprint density at radius 2 is 2.08 bits per heavy atom. The molecule has 0 heteroatoms. The third-order valence-corrected chi connectivity index (χ3v) is 2.99. The lowest BCUT2D eigenvalue weighted by molar-refractivity contribution is 0.540. The molecule has 0 saturated carbocycles. The molecule has 72 valence electrons. The first kappa shape index (κ1) is 10.3. The molecule has 1 unspecified atom stereocenters. The minimum atomic E-state index is 0. The van der Waals surface area contributed by atoms with Gasteiger partial charge in [0.05, 0.1) is 0 Å². The van der Waals surface area contributed by atoms with Crippen LogP contribution >= 0.6 is 0 Å². The van der Waals surface area contributed by atoms with Crippen LogP contribution in [0.15, 0.2) is 24.3 Å². The zero-order valence-corrected chi connectivity index (χ0v) is 7.72. The van der Waals surface area contributed by atoms with E-state index in [1.807, 2.05) is 0 Å². The summed E-state index contributed by atoms with van der Waals surface area (Å²) in [5.41, 5.74) is 3.21. The van der Waals surface area contributed by atoms with Crippen LogP contribution in [0, 0.1) is 0 Å². The average Bonchev–Trinajstić information content (AvgIpc) is 2.17. The molecule has 1 aliphatic rings. The Morgan fingerprint density at radius 3 is 2.85 bits per heavy atom. The van der Waals surface area contributed by atoms with Crippen molar-refractivity contribution < 1.29 is 0 Å². The van der Waals surface area contributed by atoms with Gasteiger partial charge in [0.2, 0.25) is 0 Å². The van der Waals surface area contributed by atoms with Crippen molar-refractivity contribution in [1.29, 1.82) is 0 Å². The molecule has 0 saturated heterocycles. The summed E-state index contributed by atoms with van der Waals surface area (Å²) in [6.07, 6.45) is 5.38. The number of aryl methyl sites for hydroxylation is 1. The van der Waals surface area contributed by atoms with Crippen LogP contribution in [0.5, 0.6) is 0 Å². The van der Waals surface area contributed by atoms with Gasteiger partial charge in [-0.25, -0.2) is 0 Å². The molecule has 1 aromatic carbocycles. The van der Waals surface area contributed by atoms with E-state index < -0.39 is 0 Å². The first-order valence-corrected chi connectivity index (χ1v) is 4.99. The van der Waals surface area contributed by atoms with Crippen LogP contribution in [0.25, 0.3) is 0 Å². The van der Waals surface area contributed by atoms with E-state index >= 15 is 0 Å². The van der Waals surface area contributed by atoms with Gasteiger partial charge in [-0.05, 0) is 42.7 Å². The second kappa shape index (κ2) is 4.45. The van der Waals surface area contributed by atoms with Gasteiger partial charge in [0, 0.05) is 0 Å². The average molecular weight is 176 g/mol. The van der Waals surface area contributed by atoms with Crippen LogP contribution in [-0.4, -0.2) is 0 Å². The normalized spacial score (nSPS) is 20.2. The van der Waals surface area contributed by atoms with Gasteiger partial charge in [0.1, 0.15) is 0 Å². The Hall–Kier alpha value is -0.780. The topological polar surface area (TPSA) is 0 Å². The van der Waals surface area contributed by atoms with E-state index in [9.17, 15) is 0 Å². The summed E-state index contributed by atoms with van der Waals surface area (Å²) in [6, 6.07) is 8.93. The van der Waals surface area contributed by atoms with Gasteiger partial charge in [0.15, 0.2) is 0 Å². The van der Waals surface area contributed by atoms with Gasteiger partial charge >= 0.3 is 0 Å². The van der Waals surface area contributed by atoms with Gasteiger partial charge in [-0.3, -0.25) is 0 Å². The Balaban J connectivity index is 0.000000845. The molecule has 0 bridgehead atoms. The van der Waals surface area contributed by atoms with E-state index in [1.54, 1.807) is 11.1 Å². The Kier molecular flexibility index (Phi) is 3.53. The highest BCUT2D eigenvalue weighted by Crippen LogP contribution is 2.33. The number of rotatable bonds is 1. The summed E-state index contributed by atoms with van der Waals surface area (Å²) in [6.45, 7) is 2.30. The Labute approximate surface area is 82.0 Å². The predicted molar refractivity (Wildman–Crippen MR) is 59.1 cm³/mol. The SMILES string of the molecule is C.CCC1CCCc2ccccc21. The highest BCUT2D eigenvalue weighted by atomic mass is 14.2. The number of hydrogen-bond acceptors (Lipinski definition) is 0. The van der Waals surface area contributed by atoms with Crippen LogP contribution < -0.4 is 0 Å². The van der Waals surface area contributed by atoms with Crippen molar-refractivity contribution in [3.63, 3.8) is 0 Å². The summed E-state index contributed by atoms with van der Waals surface area (Å²) >= 11 is 0. The fourth-order valence-corrected chi connectivity index (χ4v) is 2.28. The van der Waals surface area contributed by atoms with Crippen LogP contribution in [0.1, 0.15) is 50.7 Å². The van der Waals surface area contributed by atoms with Gasteiger partial charge in [-0.15, -0.1) is 0 Å². The van der Waals surface area contributed by atoms with E-state index in [-0.39, 0.29) is 7.43 Å². The minimum absolute atomic E-state index is 0. The lowest BCUT2D eigenvalue weighted by atomic mass is 9.81. The summed E-state index contributed by atoms with van der Waals surface area (Å²) in [5.74, 6) is 0.843. The van der Waals surface area contributed by atoms with Crippen molar-refractivity contribution >= 4 is 0 Å². The number of benzene rings is 1. The van der Waals surface area contributed by atoms with Crippen molar-refractivity contribution in [1.82, 2.24) is 0 Å². The molecule has 13 heavy (non-hydrogen) atoms. The van der Waals surface area contributed by atoms with Gasteiger partial charge in [0.25, 0.3) is 0 Å². The van der Waals surface area contributed by atoms with Crippen molar-refractivity contribution in [2.24, 2.45) is 0 Å². The molecule has 1 atom stereocenters. The third kappa shape index (κ3) is 1.93. The molecule has 0 N–H and O–H groups in total. The molecule has 0 heterocycles. The zero-order chi connectivity index (χ0) is 8.39. The summed E-state index contributed by atoms with van der Waals surface area (Å²) in [7, 11) is 0. The first-order valence-electron chi connectivity index (χ1n) is 4.99. The smallest absolute Gasteiger partial charge is 0.0162 e. The summed E-state index contributed by atoms with van der Waals surface area (Å²) in [4.78, 5) is 0. The van der Waals surface area contributed by atoms with Gasteiger partial charge in [-0.2, -0.15) is 0 Å². The van der Waals surface area contributed by atoms with Crippen molar-refractivity contribution in [3.05, 3.63) is 35.4 Å². The minimum Gasteiger partial charge on any atom is -0.0776 e. The molecule has 2 rings (SSSR count). The van der Waals surface area contributed by atoms with Crippen molar-refractivity contribution in [3.8, 4) is 0 Å². The van der Waals surface area contributed by atoms with Crippen LogP contribution in [0.4, 0.5) is 0 Å². The molecule has 0 amide bonds. The van der Waals surface area contributed by atoms with Crippen molar-refractivity contribution in [2.45, 2.75) is 46.0 Å². The molecule has 0 fully saturated rings. The maximum Gasteiger partial charge on any atom is -0.0162 e. The number of hydrogen-bond donors (Lipinski definition) is 0. The van der Waals surface area contributed by atoms with E-state index in [0.717, 1.165) is 5.92 Å². The fraction of sp³-hybridized carbons (Fsp3) is 0.538. The lowest BCUT2D eigenvalue weighted by Crippen LogP contribution is -2.08. The monoisotopic (exact) mass is 176 g/mol. The second-order valence-corrected chi connectivity index (χ2v) is 3.70. The summed E-state index contributed by atoms with van der Waals surface area (Å²) < 4.78 is 0. The maximum absolute atomic E-state index is 2.31. The molecule has 1 aliphatic carbocycles. The quantitative estimate of drug-likeness (QED) is 0.603. The molecule has 0 aliphatic heterocycles. The Morgan fingerprint density at radius 1 is 1.31 bits per heavy atom. The predicted octanol–water partition coefficient (Wildman–Crippen LogP) is 4.15. The van der Waals surface area contributed by atoms with Crippen molar-refractivity contribution in [2.75, 3.05) is 0 Å². The molecule has 0 nitrogen and oxygen atoms in total. The third-order valence-electron chi connectivity index (χ3n) is 2.99. The Bertz CT molecular complexity index is 262. The van der Waals surface area contributed by atoms with E-state index in [2.05, 4.69) is 31.2 Å². The lowest BCUT2D eigenvalue weighted by Gasteiger charge is -2.23. The zero-order valence-electron chi connectivity index (χ0n) is 7.72. The van der Waals surface area contributed by atoms with E-state index in [4.69, 9.17) is 0 Å². The highest BCUT2D eigenvalue weighted by molar-refractivity contribution is 5.32. The first-order chi connectivity index (χ1) is 5.92. The maximum atomic E-state index is 2.31. The molecular formula is C13H20. The van der Waals surface area contributed by atoms with Crippen LogP contribution in [0.3, 0.4) is 0 Å².